The summed E-state index contributed by atoms with van der Waals surface area (Å²) in [7, 11) is 1.59. The van der Waals surface area contributed by atoms with Gasteiger partial charge in [-0.2, -0.15) is 0 Å². The Morgan fingerprint density at radius 1 is 1.08 bits per heavy atom. The number of rotatable bonds is 7. The van der Waals surface area contributed by atoms with E-state index in [0.717, 1.165) is 11.3 Å². The Hall–Kier alpha value is -2.69. The number of benzene rings is 2. The highest BCUT2D eigenvalue weighted by atomic mass is 16.5. The fraction of sp³-hybridized carbons (Fsp3) is 0.381. The summed E-state index contributed by atoms with van der Waals surface area (Å²) in [5.74, 6) is 2.16. The molecule has 1 N–H and O–H groups in total. The van der Waals surface area contributed by atoms with E-state index >= 15 is 0 Å². The lowest BCUT2D eigenvalue weighted by molar-refractivity contribution is 0.212. The largest absolute Gasteiger partial charge is 0.497 e. The van der Waals surface area contributed by atoms with Crippen LogP contribution in [-0.4, -0.2) is 31.7 Å². The molecule has 0 radical (unpaired) electrons. The first-order valence-electron chi connectivity index (χ1n) is 8.58. The molecule has 5 nitrogen and oxygen atoms in total. The highest BCUT2D eigenvalue weighted by Crippen LogP contribution is 2.33. The lowest BCUT2D eigenvalue weighted by atomic mass is 9.85. The van der Waals surface area contributed by atoms with Crippen molar-refractivity contribution < 1.29 is 19.4 Å². The van der Waals surface area contributed by atoms with Gasteiger partial charge in [0.25, 0.3) is 0 Å². The Morgan fingerprint density at radius 2 is 1.81 bits per heavy atom. The summed E-state index contributed by atoms with van der Waals surface area (Å²) in [4.78, 5) is 0. The Balaban J connectivity index is 2.06. The molecule has 0 spiro atoms. The van der Waals surface area contributed by atoms with Crippen molar-refractivity contribution in [1.29, 1.82) is 0 Å². The molecule has 0 unspecified atom stereocenters. The van der Waals surface area contributed by atoms with Gasteiger partial charge in [-0.1, -0.05) is 44.1 Å². The topological polar surface area (TPSA) is 60.3 Å². The van der Waals surface area contributed by atoms with E-state index in [1.165, 1.54) is 11.8 Å². The van der Waals surface area contributed by atoms with Gasteiger partial charge in [-0.15, -0.1) is 0 Å². The first-order valence-corrected chi connectivity index (χ1v) is 8.58. The predicted octanol–water partition coefficient (Wildman–Crippen LogP) is 4.57. The van der Waals surface area contributed by atoms with Crippen LogP contribution >= 0.6 is 0 Å². The van der Waals surface area contributed by atoms with Gasteiger partial charge in [0.15, 0.2) is 0 Å². The van der Waals surface area contributed by atoms with Crippen molar-refractivity contribution in [3.63, 3.8) is 0 Å². The third-order valence-corrected chi connectivity index (χ3v) is 4.02. The molecule has 0 aliphatic carbocycles. The van der Waals surface area contributed by atoms with Crippen LogP contribution in [-0.2, 0) is 5.41 Å². The van der Waals surface area contributed by atoms with Gasteiger partial charge in [-0.25, -0.2) is 0 Å². The summed E-state index contributed by atoms with van der Waals surface area (Å²) in [6, 6.07) is 11.5. The molecule has 0 saturated heterocycles. The highest BCUT2D eigenvalue weighted by molar-refractivity contribution is 5.83. The number of hydrogen-bond donors (Lipinski definition) is 1. The highest BCUT2D eigenvalue weighted by Gasteiger charge is 2.20. The van der Waals surface area contributed by atoms with Crippen LogP contribution in [0.1, 0.15) is 37.5 Å². The SMILES string of the molecule is COc1ccc(C=NO)c(OCCOc2c(C)cccc2C(C)(C)C)c1. The van der Waals surface area contributed by atoms with Gasteiger partial charge < -0.3 is 19.4 Å². The molecule has 0 amide bonds. The van der Waals surface area contributed by atoms with Crippen molar-refractivity contribution >= 4 is 6.21 Å². The zero-order valence-corrected chi connectivity index (χ0v) is 16.1. The lowest BCUT2D eigenvalue weighted by Gasteiger charge is -2.24. The molecular formula is C21H27NO4. The van der Waals surface area contributed by atoms with Crippen LogP contribution in [0.5, 0.6) is 17.2 Å². The molecule has 0 aliphatic heterocycles. The number of ether oxygens (including phenoxy) is 3. The minimum Gasteiger partial charge on any atom is -0.497 e. The Labute approximate surface area is 155 Å². The second-order valence-electron chi connectivity index (χ2n) is 7.05. The van der Waals surface area contributed by atoms with Crippen molar-refractivity contribution in [3.8, 4) is 17.2 Å². The molecule has 140 valence electrons. The molecular weight excluding hydrogens is 330 g/mol. The maximum atomic E-state index is 8.79. The van der Waals surface area contributed by atoms with Gasteiger partial charge in [0, 0.05) is 11.6 Å². The molecule has 0 heterocycles. The third-order valence-electron chi connectivity index (χ3n) is 4.02. The molecule has 0 saturated carbocycles. The van der Waals surface area contributed by atoms with Crippen LogP contribution in [0.25, 0.3) is 0 Å². The van der Waals surface area contributed by atoms with Gasteiger partial charge in [0.05, 0.1) is 13.3 Å². The van der Waals surface area contributed by atoms with Gasteiger partial charge in [-0.3, -0.25) is 0 Å². The van der Waals surface area contributed by atoms with Crippen molar-refractivity contribution in [3.05, 3.63) is 53.1 Å². The fourth-order valence-electron chi connectivity index (χ4n) is 2.67. The minimum atomic E-state index is -0.000232. The standard InChI is InChI=1S/C21H27NO4/c1-15-7-6-8-18(21(2,3)4)20(15)26-12-11-25-19-13-17(24-5)10-9-16(19)14-22-23/h6-10,13-14,23H,11-12H2,1-5H3. The van der Waals surface area contributed by atoms with E-state index in [9.17, 15) is 0 Å². The molecule has 0 bridgehead atoms. The molecule has 26 heavy (non-hydrogen) atoms. The number of oxime groups is 1. The van der Waals surface area contributed by atoms with Gasteiger partial charge in [-0.05, 0) is 35.6 Å². The maximum absolute atomic E-state index is 8.79. The lowest BCUT2D eigenvalue weighted by Crippen LogP contribution is -2.17. The molecule has 0 aliphatic rings. The van der Waals surface area contributed by atoms with Crippen LogP contribution < -0.4 is 14.2 Å². The number of hydrogen-bond acceptors (Lipinski definition) is 5. The van der Waals surface area contributed by atoms with Crippen LogP contribution in [0.3, 0.4) is 0 Å². The van der Waals surface area contributed by atoms with Crippen LogP contribution in [0, 0.1) is 6.92 Å². The molecule has 0 atom stereocenters. The van der Waals surface area contributed by atoms with Crippen LogP contribution in [0.2, 0.25) is 0 Å². The Kier molecular flexibility index (Phi) is 6.50. The summed E-state index contributed by atoms with van der Waals surface area (Å²) in [6.07, 6.45) is 1.33. The Morgan fingerprint density at radius 3 is 2.46 bits per heavy atom. The molecule has 2 aromatic rings. The molecule has 2 aromatic carbocycles. The number of aryl methyl sites for hydroxylation is 1. The summed E-state index contributed by atoms with van der Waals surface area (Å²) >= 11 is 0. The van der Waals surface area contributed by atoms with Gasteiger partial charge in [0.1, 0.15) is 30.5 Å². The molecule has 0 fully saturated rings. The van der Waals surface area contributed by atoms with Crippen LogP contribution in [0.15, 0.2) is 41.6 Å². The zero-order valence-electron chi connectivity index (χ0n) is 16.1. The second kappa shape index (κ2) is 8.61. The third kappa shape index (κ3) is 4.91. The summed E-state index contributed by atoms with van der Waals surface area (Å²) < 4.78 is 17.1. The van der Waals surface area contributed by atoms with E-state index in [0.29, 0.717) is 30.3 Å². The summed E-state index contributed by atoms with van der Waals surface area (Å²) in [5, 5.41) is 11.9. The van der Waals surface area contributed by atoms with E-state index in [4.69, 9.17) is 19.4 Å². The number of nitrogens with zero attached hydrogens (tertiary/aromatic N) is 1. The Bertz CT molecular complexity index is 763. The smallest absolute Gasteiger partial charge is 0.132 e. The van der Waals surface area contributed by atoms with E-state index in [-0.39, 0.29) is 5.41 Å². The molecule has 0 aromatic heterocycles. The van der Waals surface area contributed by atoms with E-state index in [1.807, 2.05) is 13.0 Å². The molecule has 5 heteroatoms. The van der Waals surface area contributed by atoms with Crippen molar-refractivity contribution in [2.45, 2.75) is 33.1 Å². The van der Waals surface area contributed by atoms with E-state index < -0.39 is 0 Å². The number of para-hydroxylation sites is 1. The zero-order chi connectivity index (χ0) is 19.2. The number of methoxy groups -OCH3 is 1. The van der Waals surface area contributed by atoms with Gasteiger partial charge >= 0.3 is 0 Å². The van der Waals surface area contributed by atoms with Gasteiger partial charge in [0.2, 0.25) is 0 Å². The quantitative estimate of drug-likeness (QED) is 0.341. The molecule has 2 rings (SSSR count). The minimum absolute atomic E-state index is 0.000232. The first-order chi connectivity index (χ1) is 12.4. The maximum Gasteiger partial charge on any atom is 0.132 e. The van der Waals surface area contributed by atoms with Crippen molar-refractivity contribution in [1.82, 2.24) is 0 Å². The normalized spacial score (nSPS) is 11.6. The summed E-state index contributed by atoms with van der Waals surface area (Å²) in [5.41, 5.74) is 2.94. The van der Waals surface area contributed by atoms with Crippen molar-refractivity contribution in [2.24, 2.45) is 5.16 Å². The first kappa shape index (κ1) is 19.6. The summed E-state index contributed by atoms with van der Waals surface area (Å²) in [6.45, 7) is 9.31. The van der Waals surface area contributed by atoms with Crippen molar-refractivity contribution in [2.75, 3.05) is 20.3 Å². The average molecular weight is 357 g/mol. The van der Waals surface area contributed by atoms with E-state index in [2.05, 4.69) is 38.1 Å². The average Bonchev–Trinajstić information content (AvgIpc) is 2.60. The monoisotopic (exact) mass is 357 g/mol. The second-order valence-corrected chi connectivity index (χ2v) is 7.05. The van der Waals surface area contributed by atoms with Crippen LogP contribution in [0.4, 0.5) is 0 Å². The predicted molar refractivity (Wildman–Crippen MR) is 103 cm³/mol. The van der Waals surface area contributed by atoms with E-state index in [1.54, 1.807) is 25.3 Å². The fourth-order valence-corrected chi connectivity index (χ4v) is 2.67.